The van der Waals surface area contributed by atoms with E-state index in [1.165, 1.54) is 0 Å². The molecule has 0 saturated carbocycles. The third-order valence-electron chi connectivity index (χ3n) is 6.30. The van der Waals surface area contributed by atoms with Crippen LogP contribution in [0.25, 0.3) is 0 Å². The van der Waals surface area contributed by atoms with Gasteiger partial charge in [0.2, 0.25) is 5.91 Å². The molecule has 4 heterocycles. The van der Waals surface area contributed by atoms with Gasteiger partial charge in [-0.25, -0.2) is 4.79 Å². The molecule has 152 valence electrons. The maximum absolute atomic E-state index is 13.4. The Hall–Kier alpha value is -2.15. The first-order valence-electron chi connectivity index (χ1n) is 10.5. The number of ether oxygens (including phenoxy) is 1. The van der Waals surface area contributed by atoms with E-state index in [2.05, 4.69) is 9.88 Å². The normalized spacial score (nSPS) is 25.9. The van der Waals surface area contributed by atoms with E-state index in [9.17, 15) is 9.59 Å². The van der Waals surface area contributed by atoms with E-state index >= 15 is 0 Å². The number of pyridine rings is 1. The third kappa shape index (κ3) is 3.60. The van der Waals surface area contributed by atoms with Crippen LogP contribution in [0.2, 0.25) is 0 Å². The van der Waals surface area contributed by atoms with E-state index in [-0.39, 0.29) is 23.5 Å². The number of likely N-dealkylation sites (tertiary alicyclic amines) is 1. The quantitative estimate of drug-likeness (QED) is 0.779. The van der Waals surface area contributed by atoms with E-state index in [0.717, 1.165) is 44.3 Å². The maximum Gasteiger partial charge on any atom is 0.321 e. The van der Waals surface area contributed by atoms with Crippen molar-refractivity contribution in [3.05, 3.63) is 30.1 Å². The van der Waals surface area contributed by atoms with Gasteiger partial charge < -0.3 is 19.4 Å². The average Bonchev–Trinajstić information content (AvgIpc) is 3.28. The molecule has 1 unspecified atom stereocenters. The van der Waals surface area contributed by atoms with E-state index in [1.807, 2.05) is 35.1 Å². The summed E-state index contributed by atoms with van der Waals surface area (Å²) < 4.78 is 5.74. The van der Waals surface area contributed by atoms with Gasteiger partial charge in [-0.15, -0.1) is 0 Å². The SMILES string of the molecule is CCCC(=O)N1CCC(N2C(=O)N(Cc3cccnc3)CC23CCOC3)CC1. The molecule has 0 aliphatic carbocycles. The molecule has 0 radical (unpaired) electrons. The molecule has 7 heteroatoms. The summed E-state index contributed by atoms with van der Waals surface area (Å²) in [6, 6.07) is 4.20. The van der Waals surface area contributed by atoms with E-state index in [0.29, 0.717) is 32.7 Å². The molecule has 1 aromatic rings. The van der Waals surface area contributed by atoms with Gasteiger partial charge in [-0.3, -0.25) is 9.78 Å². The first-order valence-corrected chi connectivity index (χ1v) is 10.5. The molecule has 0 N–H and O–H groups in total. The summed E-state index contributed by atoms with van der Waals surface area (Å²) in [5.74, 6) is 0.241. The van der Waals surface area contributed by atoms with Gasteiger partial charge in [-0.1, -0.05) is 13.0 Å². The number of aromatic nitrogens is 1. The highest BCUT2D eigenvalue weighted by atomic mass is 16.5. The van der Waals surface area contributed by atoms with Gasteiger partial charge >= 0.3 is 6.03 Å². The van der Waals surface area contributed by atoms with Crippen LogP contribution in [0.15, 0.2) is 24.5 Å². The van der Waals surface area contributed by atoms with Crippen molar-refractivity contribution >= 4 is 11.9 Å². The minimum atomic E-state index is -0.223. The lowest BCUT2D eigenvalue weighted by molar-refractivity contribution is -0.132. The fourth-order valence-corrected chi connectivity index (χ4v) is 4.89. The molecule has 0 bridgehead atoms. The van der Waals surface area contributed by atoms with Crippen molar-refractivity contribution in [1.82, 2.24) is 19.7 Å². The van der Waals surface area contributed by atoms with Crippen LogP contribution in [0.4, 0.5) is 4.79 Å². The Labute approximate surface area is 166 Å². The predicted molar refractivity (Wildman–Crippen MR) is 105 cm³/mol. The highest BCUT2D eigenvalue weighted by Gasteiger charge is 2.54. The summed E-state index contributed by atoms with van der Waals surface area (Å²) in [6.45, 7) is 6.12. The molecule has 28 heavy (non-hydrogen) atoms. The standard InChI is InChI=1S/C21H30N4O3/c1-2-4-19(26)23-10-6-18(7-11-23)25-20(27)24(14-17-5-3-9-22-13-17)15-21(25)8-12-28-16-21/h3,5,9,13,18H,2,4,6-8,10-12,14-16H2,1H3. The monoisotopic (exact) mass is 386 g/mol. The zero-order valence-corrected chi connectivity index (χ0v) is 16.7. The number of rotatable bonds is 5. The second-order valence-corrected chi connectivity index (χ2v) is 8.26. The summed E-state index contributed by atoms with van der Waals surface area (Å²) in [5.41, 5.74) is 0.825. The van der Waals surface area contributed by atoms with Gasteiger partial charge in [0, 0.05) is 57.6 Å². The summed E-state index contributed by atoms with van der Waals surface area (Å²) in [6.07, 6.45) is 7.66. The molecule has 3 aliphatic heterocycles. The van der Waals surface area contributed by atoms with Crippen molar-refractivity contribution in [1.29, 1.82) is 0 Å². The number of hydrogen-bond acceptors (Lipinski definition) is 4. The number of urea groups is 1. The summed E-state index contributed by atoms with van der Waals surface area (Å²) in [7, 11) is 0. The fraction of sp³-hybridized carbons (Fsp3) is 0.667. The first-order chi connectivity index (χ1) is 13.6. The van der Waals surface area contributed by atoms with Gasteiger partial charge in [0.15, 0.2) is 0 Å². The number of piperidine rings is 1. The second-order valence-electron chi connectivity index (χ2n) is 8.26. The topological polar surface area (TPSA) is 66.0 Å². The Balaban J connectivity index is 1.47. The largest absolute Gasteiger partial charge is 0.379 e. The summed E-state index contributed by atoms with van der Waals surface area (Å²) in [4.78, 5) is 35.8. The van der Waals surface area contributed by atoms with Crippen LogP contribution < -0.4 is 0 Å². The molecule has 0 aromatic carbocycles. The van der Waals surface area contributed by atoms with Crippen LogP contribution in [-0.2, 0) is 16.1 Å². The van der Waals surface area contributed by atoms with Gasteiger partial charge in [-0.2, -0.15) is 0 Å². The van der Waals surface area contributed by atoms with Gasteiger partial charge in [0.25, 0.3) is 0 Å². The van der Waals surface area contributed by atoms with Crippen LogP contribution in [0.1, 0.15) is 44.6 Å². The van der Waals surface area contributed by atoms with Crippen LogP contribution >= 0.6 is 0 Å². The molecule has 4 rings (SSSR count). The number of carbonyl (C=O) groups excluding carboxylic acids is 2. The highest BCUT2D eigenvalue weighted by molar-refractivity contribution is 5.79. The molecular formula is C21H30N4O3. The van der Waals surface area contributed by atoms with E-state index < -0.39 is 0 Å². The smallest absolute Gasteiger partial charge is 0.321 e. The Morgan fingerprint density at radius 1 is 1.36 bits per heavy atom. The lowest BCUT2D eigenvalue weighted by atomic mass is 9.92. The molecule has 7 nitrogen and oxygen atoms in total. The lowest BCUT2D eigenvalue weighted by Gasteiger charge is -2.42. The third-order valence-corrected chi connectivity index (χ3v) is 6.30. The Bertz CT molecular complexity index is 697. The minimum absolute atomic E-state index is 0.104. The van der Waals surface area contributed by atoms with Crippen molar-refractivity contribution in [2.45, 2.75) is 57.2 Å². The van der Waals surface area contributed by atoms with Crippen LogP contribution in [-0.4, -0.2) is 76.1 Å². The minimum Gasteiger partial charge on any atom is -0.379 e. The molecule has 1 spiro atoms. The molecule has 1 aromatic heterocycles. The van der Waals surface area contributed by atoms with Crippen molar-refractivity contribution < 1.29 is 14.3 Å². The van der Waals surface area contributed by atoms with Crippen LogP contribution in [0, 0.1) is 0 Å². The van der Waals surface area contributed by atoms with Crippen molar-refractivity contribution in [2.24, 2.45) is 0 Å². The summed E-state index contributed by atoms with van der Waals surface area (Å²) in [5, 5.41) is 0. The van der Waals surface area contributed by atoms with Crippen LogP contribution in [0.3, 0.4) is 0 Å². The fourth-order valence-electron chi connectivity index (χ4n) is 4.89. The maximum atomic E-state index is 13.4. The number of carbonyl (C=O) groups is 2. The average molecular weight is 386 g/mol. The first kappa shape index (κ1) is 19.2. The zero-order chi connectivity index (χ0) is 19.6. The predicted octanol–water partition coefficient (Wildman–Crippen LogP) is 2.27. The Morgan fingerprint density at radius 2 is 2.18 bits per heavy atom. The molecule has 3 aliphatic rings. The molecular weight excluding hydrogens is 356 g/mol. The Morgan fingerprint density at radius 3 is 2.82 bits per heavy atom. The molecule has 1 atom stereocenters. The number of amides is 3. The second kappa shape index (κ2) is 8.07. The van der Waals surface area contributed by atoms with Gasteiger partial charge in [0.1, 0.15) is 0 Å². The van der Waals surface area contributed by atoms with Crippen molar-refractivity contribution in [3.8, 4) is 0 Å². The van der Waals surface area contributed by atoms with E-state index in [4.69, 9.17) is 4.74 Å². The lowest BCUT2D eigenvalue weighted by Crippen LogP contribution is -2.56. The zero-order valence-electron chi connectivity index (χ0n) is 16.7. The van der Waals surface area contributed by atoms with E-state index in [1.54, 1.807) is 6.20 Å². The van der Waals surface area contributed by atoms with Crippen molar-refractivity contribution in [2.75, 3.05) is 32.8 Å². The van der Waals surface area contributed by atoms with Crippen molar-refractivity contribution in [3.63, 3.8) is 0 Å². The highest BCUT2D eigenvalue weighted by Crippen LogP contribution is 2.38. The number of hydrogen-bond donors (Lipinski definition) is 0. The van der Waals surface area contributed by atoms with Gasteiger partial charge in [0.05, 0.1) is 12.1 Å². The molecule has 3 saturated heterocycles. The summed E-state index contributed by atoms with van der Waals surface area (Å²) >= 11 is 0. The molecule has 3 amide bonds. The Kier molecular flexibility index (Phi) is 5.53. The molecule has 3 fully saturated rings. The van der Waals surface area contributed by atoms with Crippen LogP contribution in [0.5, 0.6) is 0 Å². The number of nitrogens with zero attached hydrogens (tertiary/aromatic N) is 4. The van der Waals surface area contributed by atoms with Gasteiger partial charge in [-0.05, 0) is 37.3 Å².